The van der Waals surface area contributed by atoms with Gasteiger partial charge in [-0.05, 0) is 36.2 Å². The molecule has 0 unspecified atom stereocenters. The smallest absolute Gasteiger partial charge is 0.449 e. The van der Waals surface area contributed by atoms with Crippen molar-refractivity contribution in [3.05, 3.63) is 117 Å². The molecule has 9 heteroatoms. The number of hydrogen-bond acceptors (Lipinski definition) is 3. The molecule has 0 atom stereocenters. The van der Waals surface area contributed by atoms with Crippen LogP contribution in [0, 0.1) is 12.7 Å². The third-order valence-corrected chi connectivity index (χ3v) is 5.74. The highest BCUT2D eigenvalue weighted by molar-refractivity contribution is 5.62. The van der Waals surface area contributed by atoms with Crippen LogP contribution in [0.5, 0.6) is 0 Å². The Bertz CT molecular complexity index is 1530. The fourth-order valence-electron chi connectivity index (χ4n) is 4.00. The quantitative estimate of drug-likeness (QED) is 0.318. The molecule has 1 aromatic heterocycles. The molecule has 2 aromatic carbocycles. The summed E-state index contributed by atoms with van der Waals surface area (Å²) in [5.41, 5.74) is 2.13. The molecule has 178 valence electrons. The standard InChI is InChI=1S/C26H19F4N3O2/c1-15-6-5-9-18(23(15)27)21-14-33-24(19(31-21)12-16-7-3-2-4-8-16)32-20(25(33)34)13-17-10-11-22(35-17)26(28,29)30/h2-11,14,31H,12-13H2,1H3. The first-order valence-electron chi connectivity index (χ1n) is 10.8. The zero-order valence-electron chi connectivity index (χ0n) is 18.5. The Morgan fingerprint density at radius 1 is 1.00 bits per heavy atom. The molecule has 0 amide bonds. The summed E-state index contributed by atoms with van der Waals surface area (Å²) in [6.45, 7) is 1.65. The number of aromatic amines is 1. The number of aromatic nitrogens is 3. The molecule has 5 rings (SSSR count). The molecule has 0 fully saturated rings. The second-order valence-corrected chi connectivity index (χ2v) is 8.24. The van der Waals surface area contributed by atoms with Gasteiger partial charge in [0.2, 0.25) is 5.76 Å². The Kier molecular flexibility index (Phi) is 5.55. The number of halogens is 4. The van der Waals surface area contributed by atoms with Gasteiger partial charge in [-0.25, -0.2) is 9.37 Å². The first-order valence-corrected chi connectivity index (χ1v) is 10.8. The molecule has 3 aromatic rings. The summed E-state index contributed by atoms with van der Waals surface area (Å²) in [5.74, 6) is -1.28. The topological polar surface area (TPSA) is 63.8 Å². The second-order valence-electron chi connectivity index (χ2n) is 8.24. The molecule has 2 aliphatic heterocycles. The molecule has 0 saturated heterocycles. The summed E-state index contributed by atoms with van der Waals surface area (Å²) in [5, 5.41) is 0. The number of imidazole rings is 1. The average molecular weight is 481 g/mol. The Morgan fingerprint density at radius 2 is 1.77 bits per heavy atom. The van der Waals surface area contributed by atoms with Crippen LogP contribution < -0.4 is 5.56 Å². The van der Waals surface area contributed by atoms with E-state index in [-0.39, 0.29) is 23.4 Å². The van der Waals surface area contributed by atoms with E-state index in [9.17, 15) is 22.4 Å². The van der Waals surface area contributed by atoms with Crippen molar-refractivity contribution in [3.8, 4) is 17.1 Å². The lowest BCUT2D eigenvalue weighted by Gasteiger charge is -2.14. The van der Waals surface area contributed by atoms with Crippen molar-refractivity contribution in [3.63, 3.8) is 0 Å². The number of furan rings is 1. The van der Waals surface area contributed by atoms with E-state index in [1.807, 2.05) is 30.3 Å². The fourth-order valence-corrected chi connectivity index (χ4v) is 4.00. The van der Waals surface area contributed by atoms with Gasteiger partial charge >= 0.3 is 6.18 Å². The van der Waals surface area contributed by atoms with Crippen LogP contribution in [0.2, 0.25) is 0 Å². The molecule has 0 saturated carbocycles. The first-order chi connectivity index (χ1) is 16.7. The number of nitrogens with zero attached hydrogens (tertiary/aromatic N) is 2. The van der Waals surface area contributed by atoms with E-state index >= 15 is 0 Å². The van der Waals surface area contributed by atoms with Crippen molar-refractivity contribution >= 4 is 0 Å². The van der Waals surface area contributed by atoms with Crippen LogP contribution in [0.15, 0.2) is 76.1 Å². The molecule has 1 N–H and O–H groups in total. The van der Waals surface area contributed by atoms with E-state index in [2.05, 4.69) is 9.97 Å². The monoisotopic (exact) mass is 481 g/mol. The highest BCUT2D eigenvalue weighted by Gasteiger charge is 2.35. The van der Waals surface area contributed by atoms with Gasteiger partial charge in [-0.15, -0.1) is 0 Å². The van der Waals surface area contributed by atoms with Gasteiger partial charge in [-0.2, -0.15) is 13.2 Å². The van der Waals surface area contributed by atoms with Crippen LogP contribution in [-0.4, -0.2) is 14.5 Å². The summed E-state index contributed by atoms with van der Waals surface area (Å²) in [7, 11) is 0. The van der Waals surface area contributed by atoms with Gasteiger partial charge in [0.1, 0.15) is 17.3 Å². The minimum atomic E-state index is -4.62. The van der Waals surface area contributed by atoms with Crippen molar-refractivity contribution in [2.45, 2.75) is 25.9 Å². The van der Waals surface area contributed by atoms with E-state index in [0.717, 1.165) is 11.6 Å². The van der Waals surface area contributed by atoms with Gasteiger partial charge in [-0.3, -0.25) is 9.36 Å². The Morgan fingerprint density at radius 3 is 2.49 bits per heavy atom. The number of aryl methyl sites for hydroxylation is 1. The molecule has 0 radical (unpaired) electrons. The van der Waals surface area contributed by atoms with Crippen LogP contribution >= 0.6 is 0 Å². The SMILES string of the molecule is Cc1cccc(-c2cn3c(=O)c(Cc4ccc(C(F)(F)F)o4)nc-3c(Cc3ccccc3)[nH]2)c1F. The van der Waals surface area contributed by atoms with Crippen molar-refractivity contribution < 1.29 is 22.0 Å². The number of alkyl halides is 3. The van der Waals surface area contributed by atoms with Crippen LogP contribution in [0.4, 0.5) is 17.6 Å². The average Bonchev–Trinajstić information content (AvgIpc) is 3.42. The number of rotatable bonds is 5. The number of nitrogens with one attached hydrogen (secondary N) is 1. The maximum absolute atomic E-state index is 14.9. The van der Waals surface area contributed by atoms with Gasteiger partial charge in [-0.1, -0.05) is 42.5 Å². The van der Waals surface area contributed by atoms with Gasteiger partial charge < -0.3 is 9.40 Å². The molecule has 0 aliphatic carbocycles. The van der Waals surface area contributed by atoms with Gasteiger partial charge in [0.05, 0.1) is 17.8 Å². The predicted octanol–water partition coefficient (Wildman–Crippen LogP) is 5.91. The predicted molar refractivity (Wildman–Crippen MR) is 121 cm³/mol. The van der Waals surface area contributed by atoms with Crippen molar-refractivity contribution in [1.82, 2.24) is 14.5 Å². The van der Waals surface area contributed by atoms with Crippen molar-refractivity contribution in [1.29, 1.82) is 0 Å². The highest BCUT2D eigenvalue weighted by Crippen LogP contribution is 2.31. The summed E-state index contributed by atoms with van der Waals surface area (Å²) < 4.78 is 59.8. The van der Waals surface area contributed by atoms with Crippen LogP contribution in [0.3, 0.4) is 0 Å². The largest absolute Gasteiger partial charge is 0.456 e. The van der Waals surface area contributed by atoms with Gasteiger partial charge in [0.25, 0.3) is 5.56 Å². The molecule has 0 spiro atoms. The molecule has 35 heavy (non-hydrogen) atoms. The highest BCUT2D eigenvalue weighted by atomic mass is 19.4. The molecular weight excluding hydrogens is 462 g/mol. The van der Waals surface area contributed by atoms with Gasteiger partial charge in [0, 0.05) is 18.2 Å². The summed E-state index contributed by atoms with van der Waals surface area (Å²) >= 11 is 0. The fraction of sp³-hybridized carbons (Fsp3) is 0.154. The molecule has 0 bridgehead atoms. The van der Waals surface area contributed by atoms with E-state index in [4.69, 9.17) is 4.42 Å². The van der Waals surface area contributed by atoms with Crippen LogP contribution in [0.1, 0.15) is 34.0 Å². The lowest BCUT2D eigenvalue weighted by Crippen LogP contribution is -2.18. The second kappa shape index (κ2) is 8.57. The Hall–Kier alpha value is -4.14. The summed E-state index contributed by atoms with van der Waals surface area (Å²) in [6, 6.07) is 16.4. The Labute approximate surface area is 197 Å². The first kappa shape index (κ1) is 22.6. The number of H-pyrrole nitrogens is 1. The molecule has 5 nitrogen and oxygen atoms in total. The third kappa shape index (κ3) is 4.37. The summed E-state index contributed by atoms with van der Waals surface area (Å²) in [6.07, 6.45) is -3.00. The van der Waals surface area contributed by atoms with Crippen molar-refractivity contribution in [2.75, 3.05) is 0 Å². The minimum Gasteiger partial charge on any atom is -0.456 e. The maximum Gasteiger partial charge on any atom is 0.449 e. The third-order valence-electron chi connectivity index (χ3n) is 5.74. The summed E-state index contributed by atoms with van der Waals surface area (Å²) in [4.78, 5) is 20.9. The normalized spacial score (nSPS) is 11.9. The lowest BCUT2D eigenvalue weighted by molar-refractivity contribution is -0.153. The molecule has 3 heterocycles. The van der Waals surface area contributed by atoms with Gasteiger partial charge in [0.15, 0.2) is 5.82 Å². The van der Waals surface area contributed by atoms with Crippen LogP contribution in [0.25, 0.3) is 17.1 Å². The minimum absolute atomic E-state index is 0.0256. The van der Waals surface area contributed by atoms with E-state index < -0.39 is 23.3 Å². The van der Waals surface area contributed by atoms with E-state index in [1.165, 1.54) is 16.8 Å². The van der Waals surface area contributed by atoms with E-state index in [0.29, 0.717) is 29.2 Å². The number of benzene rings is 2. The number of fused-ring (bicyclic) bond motifs is 1. The van der Waals surface area contributed by atoms with E-state index in [1.54, 1.807) is 25.1 Å². The van der Waals surface area contributed by atoms with Crippen molar-refractivity contribution in [2.24, 2.45) is 0 Å². The molecular formula is C26H19F4N3O2. The maximum atomic E-state index is 14.9. The zero-order chi connectivity index (χ0) is 24.7. The number of hydrogen-bond donors (Lipinski definition) is 1. The Balaban J connectivity index is 1.64. The zero-order valence-corrected chi connectivity index (χ0v) is 18.5. The molecule has 2 aliphatic rings. The van der Waals surface area contributed by atoms with Crippen LogP contribution in [-0.2, 0) is 19.0 Å². The lowest BCUT2D eigenvalue weighted by atomic mass is 10.1.